The normalized spacial score (nSPS) is 10.9. The molecule has 2 amide bonds. The standard InChI is InChI=1S/C19H19ClN4O2S/c1-11(2)15-9-13(17(25)22-12-7-5-4-6-8-12)19(27-15)23-18(26)16-14(20)10-21-24(16)3/h4-11H,1-3H3,(H,22,25)(H,23,26). The molecule has 1 aromatic carbocycles. The van der Waals surface area contributed by atoms with Crippen LogP contribution in [0.5, 0.6) is 0 Å². The average Bonchev–Trinajstić information content (AvgIpc) is 3.19. The van der Waals surface area contributed by atoms with E-state index in [9.17, 15) is 9.59 Å². The predicted octanol–water partition coefficient (Wildman–Crippen LogP) is 4.76. The summed E-state index contributed by atoms with van der Waals surface area (Å²) < 4.78 is 1.40. The number of hydrogen-bond donors (Lipinski definition) is 2. The molecular weight excluding hydrogens is 384 g/mol. The fourth-order valence-corrected chi connectivity index (χ4v) is 3.81. The van der Waals surface area contributed by atoms with Crippen LogP contribution in [0.3, 0.4) is 0 Å². The van der Waals surface area contributed by atoms with Gasteiger partial charge in [0.25, 0.3) is 11.8 Å². The Hall–Kier alpha value is -2.64. The van der Waals surface area contributed by atoms with Crippen LogP contribution in [-0.4, -0.2) is 21.6 Å². The first-order chi connectivity index (χ1) is 12.9. The highest BCUT2D eigenvalue weighted by Gasteiger charge is 2.22. The maximum atomic E-state index is 12.8. The van der Waals surface area contributed by atoms with Gasteiger partial charge in [0.15, 0.2) is 0 Å². The Balaban J connectivity index is 1.90. The Bertz CT molecular complexity index is 960. The van der Waals surface area contributed by atoms with E-state index in [2.05, 4.69) is 15.7 Å². The van der Waals surface area contributed by atoms with Gasteiger partial charge in [0, 0.05) is 17.6 Å². The third-order valence-electron chi connectivity index (χ3n) is 3.93. The second-order valence-electron chi connectivity index (χ2n) is 6.29. The molecule has 0 fully saturated rings. The van der Waals surface area contributed by atoms with E-state index in [-0.39, 0.29) is 22.5 Å². The van der Waals surface area contributed by atoms with Gasteiger partial charge in [-0.25, -0.2) is 0 Å². The Labute approximate surface area is 166 Å². The van der Waals surface area contributed by atoms with Crippen molar-refractivity contribution in [3.05, 3.63) is 63.8 Å². The summed E-state index contributed by atoms with van der Waals surface area (Å²) in [5, 5.41) is 10.4. The van der Waals surface area contributed by atoms with Crippen molar-refractivity contribution in [1.82, 2.24) is 9.78 Å². The molecule has 0 atom stereocenters. The van der Waals surface area contributed by atoms with Crippen molar-refractivity contribution >= 4 is 45.4 Å². The zero-order valence-corrected chi connectivity index (χ0v) is 16.7. The number of aryl methyl sites for hydroxylation is 1. The van der Waals surface area contributed by atoms with E-state index in [0.29, 0.717) is 16.3 Å². The van der Waals surface area contributed by atoms with Gasteiger partial charge >= 0.3 is 0 Å². The smallest absolute Gasteiger partial charge is 0.276 e. The van der Waals surface area contributed by atoms with Gasteiger partial charge in [0.05, 0.1) is 16.8 Å². The molecular formula is C19H19ClN4O2S. The third kappa shape index (κ3) is 4.20. The van der Waals surface area contributed by atoms with E-state index in [1.165, 1.54) is 22.2 Å². The van der Waals surface area contributed by atoms with Crippen molar-refractivity contribution in [3.63, 3.8) is 0 Å². The number of halogens is 1. The van der Waals surface area contributed by atoms with E-state index in [4.69, 9.17) is 11.6 Å². The molecule has 27 heavy (non-hydrogen) atoms. The van der Waals surface area contributed by atoms with Gasteiger partial charge in [0.2, 0.25) is 0 Å². The number of anilines is 2. The topological polar surface area (TPSA) is 76.0 Å². The highest BCUT2D eigenvalue weighted by Crippen LogP contribution is 2.34. The van der Waals surface area contributed by atoms with E-state index >= 15 is 0 Å². The van der Waals surface area contributed by atoms with E-state index in [1.807, 2.05) is 38.1 Å². The number of carbonyl (C=O) groups excluding carboxylic acids is 2. The van der Waals surface area contributed by atoms with Gasteiger partial charge in [-0.05, 0) is 24.1 Å². The largest absolute Gasteiger partial charge is 0.322 e. The van der Waals surface area contributed by atoms with Crippen LogP contribution in [0.2, 0.25) is 5.02 Å². The molecule has 2 heterocycles. The second kappa shape index (κ2) is 7.94. The van der Waals surface area contributed by atoms with Crippen LogP contribution >= 0.6 is 22.9 Å². The Morgan fingerprint density at radius 3 is 2.44 bits per heavy atom. The van der Waals surface area contributed by atoms with Gasteiger partial charge in [-0.3, -0.25) is 14.3 Å². The minimum Gasteiger partial charge on any atom is -0.322 e. The molecule has 2 aromatic heterocycles. The lowest BCUT2D eigenvalue weighted by molar-refractivity contribution is 0.101. The number of nitrogens with zero attached hydrogens (tertiary/aromatic N) is 2. The zero-order valence-electron chi connectivity index (χ0n) is 15.1. The highest BCUT2D eigenvalue weighted by atomic mass is 35.5. The molecule has 3 aromatic rings. The first kappa shape index (κ1) is 19.1. The Morgan fingerprint density at radius 2 is 1.85 bits per heavy atom. The summed E-state index contributed by atoms with van der Waals surface area (Å²) in [6, 6.07) is 11.0. The molecule has 140 valence electrons. The van der Waals surface area contributed by atoms with Crippen LogP contribution in [0.1, 0.15) is 45.5 Å². The molecule has 0 spiro atoms. The first-order valence-corrected chi connectivity index (χ1v) is 9.55. The monoisotopic (exact) mass is 402 g/mol. The van der Waals surface area contributed by atoms with Gasteiger partial charge in [-0.1, -0.05) is 43.6 Å². The second-order valence-corrected chi connectivity index (χ2v) is 7.78. The van der Waals surface area contributed by atoms with Gasteiger partial charge in [-0.15, -0.1) is 11.3 Å². The summed E-state index contributed by atoms with van der Waals surface area (Å²) in [4.78, 5) is 26.4. The molecule has 0 aliphatic rings. The zero-order chi connectivity index (χ0) is 19.6. The average molecular weight is 403 g/mol. The van der Waals surface area contributed by atoms with Crippen LogP contribution in [0.15, 0.2) is 42.6 Å². The lowest BCUT2D eigenvalue weighted by atomic mass is 10.1. The first-order valence-electron chi connectivity index (χ1n) is 8.35. The van der Waals surface area contributed by atoms with Crippen LogP contribution in [-0.2, 0) is 7.05 Å². The fourth-order valence-electron chi connectivity index (χ4n) is 2.50. The minimum absolute atomic E-state index is 0.226. The van der Waals surface area contributed by atoms with Gasteiger partial charge < -0.3 is 10.6 Å². The number of benzene rings is 1. The summed E-state index contributed by atoms with van der Waals surface area (Å²) >= 11 is 7.43. The number of rotatable bonds is 5. The molecule has 0 aliphatic heterocycles. The van der Waals surface area contributed by atoms with Crippen molar-refractivity contribution in [3.8, 4) is 0 Å². The summed E-state index contributed by atoms with van der Waals surface area (Å²) in [6.45, 7) is 4.07. The van der Waals surface area contributed by atoms with Gasteiger partial charge in [0.1, 0.15) is 10.7 Å². The maximum absolute atomic E-state index is 12.8. The lowest BCUT2D eigenvalue weighted by Crippen LogP contribution is -2.19. The molecule has 0 saturated heterocycles. The van der Waals surface area contributed by atoms with Crippen LogP contribution in [0.4, 0.5) is 10.7 Å². The number of hydrogen-bond acceptors (Lipinski definition) is 4. The number of carbonyl (C=O) groups is 2. The number of nitrogens with one attached hydrogen (secondary N) is 2. The number of thiophene rings is 1. The van der Waals surface area contributed by atoms with Crippen molar-refractivity contribution in [2.75, 3.05) is 10.6 Å². The third-order valence-corrected chi connectivity index (χ3v) is 5.56. The molecule has 8 heteroatoms. The predicted molar refractivity (Wildman–Crippen MR) is 109 cm³/mol. The Morgan fingerprint density at radius 1 is 1.15 bits per heavy atom. The molecule has 0 aliphatic carbocycles. The fraction of sp³-hybridized carbons (Fsp3) is 0.211. The molecule has 0 radical (unpaired) electrons. The summed E-state index contributed by atoms with van der Waals surface area (Å²) in [5.74, 6) is -0.467. The van der Waals surface area contributed by atoms with Gasteiger partial charge in [-0.2, -0.15) is 5.10 Å². The van der Waals surface area contributed by atoms with Crippen molar-refractivity contribution in [1.29, 1.82) is 0 Å². The lowest BCUT2D eigenvalue weighted by Gasteiger charge is -2.08. The molecule has 2 N–H and O–H groups in total. The van der Waals surface area contributed by atoms with E-state index < -0.39 is 5.91 Å². The SMILES string of the molecule is CC(C)c1cc(C(=O)Nc2ccccc2)c(NC(=O)c2c(Cl)cnn2C)s1. The minimum atomic E-state index is -0.411. The quantitative estimate of drug-likeness (QED) is 0.645. The van der Waals surface area contributed by atoms with Crippen LogP contribution in [0, 0.1) is 0 Å². The molecule has 0 unspecified atom stereocenters. The van der Waals surface area contributed by atoms with Crippen LogP contribution < -0.4 is 10.6 Å². The number of aromatic nitrogens is 2. The molecule has 3 rings (SSSR count). The summed E-state index contributed by atoms with van der Waals surface area (Å²) in [5.41, 5.74) is 1.34. The van der Waals surface area contributed by atoms with E-state index in [1.54, 1.807) is 19.2 Å². The molecule has 0 saturated carbocycles. The summed E-state index contributed by atoms with van der Waals surface area (Å²) in [7, 11) is 1.64. The molecule has 6 nitrogen and oxygen atoms in total. The van der Waals surface area contributed by atoms with Crippen LogP contribution in [0.25, 0.3) is 0 Å². The Kier molecular flexibility index (Phi) is 5.62. The summed E-state index contributed by atoms with van der Waals surface area (Å²) in [6.07, 6.45) is 1.41. The van der Waals surface area contributed by atoms with E-state index in [0.717, 1.165) is 4.88 Å². The highest BCUT2D eigenvalue weighted by molar-refractivity contribution is 7.16. The van der Waals surface area contributed by atoms with Crippen molar-refractivity contribution in [2.24, 2.45) is 7.05 Å². The number of para-hydroxylation sites is 1. The maximum Gasteiger partial charge on any atom is 0.276 e. The van der Waals surface area contributed by atoms with Crippen molar-refractivity contribution in [2.45, 2.75) is 19.8 Å². The van der Waals surface area contributed by atoms with Crippen molar-refractivity contribution < 1.29 is 9.59 Å². The molecule has 0 bridgehead atoms. The number of amides is 2.